The molecule has 1 atom stereocenters. The van der Waals surface area contributed by atoms with Gasteiger partial charge in [-0.1, -0.05) is 18.7 Å². The third-order valence-electron chi connectivity index (χ3n) is 3.68. The summed E-state index contributed by atoms with van der Waals surface area (Å²) in [5, 5.41) is 12.3. The van der Waals surface area contributed by atoms with Crippen molar-refractivity contribution in [2.24, 2.45) is 0 Å². The van der Waals surface area contributed by atoms with Crippen LogP contribution in [0.1, 0.15) is 33.1 Å². The highest BCUT2D eigenvalue weighted by atomic mass is 32.2. The summed E-state index contributed by atoms with van der Waals surface area (Å²) in [4.78, 5) is 16.2. The molecule has 23 heavy (non-hydrogen) atoms. The number of amides is 1. The fourth-order valence-electron chi connectivity index (χ4n) is 2.27. The average molecular weight is 331 g/mol. The molecule has 1 fully saturated rings. The van der Waals surface area contributed by atoms with Gasteiger partial charge in [-0.05, 0) is 38.3 Å². The highest BCUT2D eigenvalue weighted by molar-refractivity contribution is 8.00. The molecule has 2 heterocycles. The molecule has 7 heteroatoms. The van der Waals surface area contributed by atoms with Crippen LogP contribution in [-0.4, -0.2) is 36.9 Å². The van der Waals surface area contributed by atoms with Gasteiger partial charge in [-0.25, -0.2) is 0 Å². The van der Waals surface area contributed by atoms with Gasteiger partial charge in [0.2, 0.25) is 5.91 Å². The van der Waals surface area contributed by atoms with Crippen LogP contribution in [0.3, 0.4) is 0 Å². The topological polar surface area (TPSA) is 72.7 Å². The Kier molecular flexibility index (Phi) is 4.95. The number of hydrogen-bond acceptors (Lipinski definition) is 5. The van der Waals surface area contributed by atoms with E-state index in [0.29, 0.717) is 6.04 Å². The highest BCUT2D eigenvalue weighted by Gasteiger charge is 2.27. The Morgan fingerprint density at radius 3 is 2.78 bits per heavy atom. The van der Waals surface area contributed by atoms with Crippen molar-refractivity contribution in [3.05, 3.63) is 24.5 Å². The molecule has 0 aromatic carbocycles. The quantitative estimate of drug-likeness (QED) is 0.789. The summed E-state index contributed by atoms with van der Waals surface area (Å²) < 4.78 is 2.08. The van der Waals surface area contributed by atoms with Crippen molar-refractivity contribution >= 4 is 17.7 Å². The summed E-state index contributed by atoms with van der Waals surface area (Å²) >= 11 is 1.47. The number of rotatable bonds is 7. The average Bonchev–Trinajstić information content (AvgIpc) is 3.29. The molecule has 0 bridgehead atoms. The summed E-state index contributed by atoms with van der Waals surface area (Å²) in [5.74, 6) is 0.903. The maximum atomic E-state index is 12.1. The van der Waals surface area contributed by atoms with Gasteiger partial charge in [-0.2, -0.15) is 0 Å². The highest BCUT2D eigenvalue weighted by Crippen LogP contribution is 2.28. The molecule has 0 unspecified atom stereocenters. The van der Waals surface area contributed by atoms with E-state index in [0.717, 1.165) is 42.4 Å². The first-order chi connectivity index (χ1) is 11.2. The van der Waals surface area contributed by atoms with E-state index in [4.69, 9.17) is 0 Å². The lowest BCUT2D eigenvalue weighted by molar-refractivity contribution is -0.120. The van der Waals surface area contributed by atoms with Crippen LogP contribution in [0, 0.1) is 0 Å². The lowest BCUT2D eigenvalue weighted by Crippen LogP contribution is -2.32. The minimum absolute atomic E-state index is 0.0778. The van der Waals surface area contributed by atoms with Crippen LogP contribution in [0.5, 0.6) is 0 Å². The van der Waals surface area contributed by atoms with Crippen LogP contribution >= 0.6 is 11.8 Å². The van der Waals surface area contributed by atoms with Gasteiger partial charge in [-0.3, -0.25) is 9.78 Å². The second kappa shape index (κ2) is 7.12. The van der Waals surface area contributed by atoms with E-state index in [1.807, 2.05) is 19.1 Å². The molecular weight excluding hydrogens is 310 g/mol. The molecule has 122 valence electrons. The van der Waals surface area contributed by atoms with Crippen LogP contribution in [0.15, 0.2) is 29.7 Å². The van der Waals surface area contributed by atoms with E-state index in [9.17, 15) is 4.79 Å². The number of pyridine rings is 1. The zero-order chi connectivity index (χ0) is 16.2. The molecule has 1 aliphatic rings. The van der Waals surface area contributed by atoms with Crippen LogP contribution in [0.25, 0.3) is 11.4 Å². The Labute approximate surface area is 140 Å². The SMILES string of the molecule is CCCn1c(S[C@@H](C)C(=O)NC2CC2)nnc1-c1ccncc1. The lowest BCUT2D eigenvalue weighted by atomic mass is 10.2. The molecule has 3 rings (SSSR count). The summed E-state index contributed by atoms with van der Waals surface area (Å²) in [5.41, 5.74) is 0.989. The molecule has 1 aliphatic carbocycles. The van der Waals surface area contributed by atoms with Crippen LogP contribution < -0.4 is 5.32 Å². The van der Waals surface area contributed by atoms with Gasteiger partial charge in [0.1, 0.15) is 0 Å². The van der Waals surface area contributed by atoms with Crippen molar-refractivity contribution in [2.75, 3.05) is 0 Å². The van der Waals surface area contributed by atoms with Crippen molar-refractivity contribution in [1.82, 2.24) is 25.1 Å². The van der Waals surface area contributed by atoms with Gasteiger partial charge in [0.05, 0.1) is 5.25 Å². The van der Waals surface area contributed by atoms with Gasteiger partial charge in [-0.15, -0.1) is 10.2 Å². The van der Waals surface area contributed by atoms with Gasteiger partial charge >= 0.3 is 0 Å². The molecule has 0 saturated heterocycles. The van der Waals surface area contributed by atoms with Gasteiger partial charge in [0, 0.05) is 30.5 Å². The van der Waals surface area contributed by atoms with Gasteiger partial charge in [0.15, 0.2) is 11.0 Å². The fraction of sp³-hybridized carbons (Fsp3) is 0.500. The van der Waals surface area contributed by atoms with E-state index in [1.165, 1.54) is 11.8 Å². The number of nitrogens with zero attached hydrogens (tertiary/aromatic N) is 4. The number of nitrogens with one attached hydrogen (secondary N) is 1. The summed E-state index contributed by atoms with van der Waals surface area (Å²) in [6.45, 7) is 4.86. The monoisotopic (exact) mass is 331 g/mol. The molecule has 2 aromatic rings. The Balaban J connectivity index is 1.78. The van der Waals surface area contributed by atoms with Gasteiger partial charge < -0.3 is 9.88 Å². The van der Waals surface area contributed by atoms with Crippen molar-refractivity contribution < 1.29 is 4.79 Å². The standard InChI is InChI=1S/C16H21N5OS/c1-3-10-21-14(12-6-8-17-9-7-12)19-20-16(21)23-11(2)15(22)18-13-4-5-13/h6-9,11,13H,3-5,10H2,1-2H3,(H,18,22)/t11-/m0/s1. The Bertz CT molecular complexity index is 668. The van der Waals surface area contributed by atoms with Crippen molar-refractivity contribution in [2.45, 2.75) is 56.1 Å². The third-order valence-corrected chi connectivity index (χ3v) is 4.76. The van der Waals surface area contributed by atoms with E-state index in [1.54, 1.807) is 12.4 Å². The molecule has 1 amide bonds. The largest absolute Gasteiger partial charge is 0.352 e. The lowest BCUT2D eigenvalue weighted by Gasteiger charge is -2.13. The van der Waals surface area contributed by atoms with Crippen molar-refractivity contribution in [3.8, 4) is 11.4 Å². The zero-order valence-electron chi connectivity index (χ0n) is 13.4. The first-order valence-electron chi connectivity index (χ1n) is 7.99. The number of carbonyl (C=O) groups excluding carboxylic acids is 1. The van der Waals surface area contributed by atoms with Gasteiger partial charge in [0.25, 0.3) is 0 Å². The number of carbonyl (C=O) groups is 1. The predicted molar refractivity (Wildman–Crippen MR) is 90.0 cm³/mol. The minimum Gasteiger partial charge on any atom is -0.352 e. The van der Waals surface area contributed by atoms with E-state index in [-0.39, 0.29) is 11.2 Å². The number of aromatic nitrogens is 4. The fourth-order valence-corrected chi connectivity index (χ4v) is 3.16. The molecule has 0 spiro atoms. The molecule has 0 radical (unpaired) electrons. The van der Waals surface area contributed by atoms with Crippen LogP contribution in [0.2, 0.25) is 0 Å². The van der Waals surface area contributed by atoms with E-state index in [2.05, 4.69) is 32.0 Å². The summed E-state index contributed by atoms with van der Waals surface area (Å²) in [7, 11) is 0. The van der Waals surface area contributed by atoms with E-state index >= 15 is 0 Å². The number of hydrogen-bond donors (Lipinski definition) is 1. The maximum absolute atomic E-state index is 12.1. The molecule has 0 aliphatic heterocycles. The first-order valence-corrected chi connectivity index (χ1v) is 8.87. The zero-order valence-corrected chi connectivity index (χ0v) is 14.2. The second-order valence-corrected chi connectivity index (χ2v) is 7.04. The predicted octanol–water partition coefficient (Wildman–Crippen LogP) is 2.51. The Morgan fingerprint density at radius 2 is 2.13 bits per heavy atom. The second-order valence-electron chi connectivity index (χ2n) is 5.74. The summed E-state index contributed by atoms with van der Waals surface area (Å²) in [6.07, 6.45) is 6.67. The van der Waals surface area contributed by atoms with Crippen molar-refractivity contribution in [1.29, 1.82) is 0 Å². The normalized spacial score (nSPS) is 15.4. The molecular formula is C16H21N5OS. The molecule has 6 nitrogen and oxygen atoms in total. The number of thioether (sulfide) groups is 1. The third kappa shape index (κ3) is 3.90. The molecule has 1 N–H and O–H groups in total. The van der Waals surface area contributed by atoms with Crippen LogP contribution in [-0.2, 0) is 11.3 Å². The first kappa shape index (κ1) is 16.0. The van der Waals surface area contributed by atoms with Crippen molar-refractivity contribution in [3.63, 3.8) is 0 Å². The summed E-state index contributed by atoms with van der Waals surface area (Å²) in [6, 6.07) is 4.23. The minimum atomic E-state index is -0.180. The Morgan fingerprint density at radius 1 is 1.39 bits per heavy atom. The molecule has 1 saturated carbocycles. The van der Waals surface area contributed by atoms with E-state index < -0.39 is 0 Å². The smallest absolute Gasteiger partial charge is 0.233 e. The maximum Gasteiger partial charge on any atom is 0.233 e. The van der Waals surface area contributed by atoms with Crippen LogP contribution in [0.4, 0.5) is 0 Å². The molecule has 2 aromatic heterocycles. The Hall–Kier alpha value is -1.89.